The molecule has 4 nitrogen and oxygen atoms in total. The summed E-state index contributed by atoms with van der Waals surface area (Å²) in [6.45, 7) is 0.362. The Morgan fingerprint density at radius 3 is 2.42 bits per heavy atom. The highest BCUT2D eigenvalue weighted by atomic mass is 32.2. The molecule has 0 spiro atoms. The Balaban J connectivity index is 1.95. The lowest BCUT2D eigenvalue weighted by molar-refractivity contribution is 0.0753. The highest BCUT2D eigenvalue weighted by molar-refractivity contribution is 7.99. The maximum atomic E-state index is 14.4. The molecule has 2 aromatic carbocycles. The zero-order chi connectivity index (χ0) is 18.8. The van der Waals surface area contributed by atoms with E-state index >= 15 is 0 Å². The molecule has 1 unspecified atom stereocenters. The van der Waals surface area contributed by atoms with E-state index in [0.717, 1.165) is 12.7 Å². The monoisotopic (exact) mass is 383 g/mol. The van der Waals surface area contributed by atoms with Crippen LogP contribution in [0.15, 0.2) is 30.3 Å². The molecule has 3 rings (SSSR count). The number of hydrogen-bond donors (Lipinski definition) is 0. The summed E-state index contributed by atoms with van der Waals surface area (Å²) in [5.74, 6) is -4.30. The summed E-state index contributed by atoms with van der Waals surface area (Å²) in [5.41, 5.74) is 0.276. The van der Waals surface area contributed by atoms with Crippen molar-refractivity contribution in [3.63, 3.8) is 0 Å². The van der Waals surface area contributed by atoms with Crippen molar-refractivity contribution >= 4 is 17.7 Å². The van der Waals surface area contributed by atoms with Gasteiger partial charge in [0.25, 0.3) is 5.91 Å². The van der Waals surface area contributed by atoms with Crippen LogP contribution in [0.2, 0.25) is 0 Å². The first-order valence-electron chi connectivity index (χ1n) is 7.76. The van der Waals surface area contributed by atoms with Crippen LogP contribution in [0.1, 0.15) is 21.3 Å². The van der Waals surface area contributed by atoms with E-state index in [1.807, 2.05) is 12.1 Å². The molecule has 2 aromatic rings. The number of amides is 1. The molecule has 26 heavy (non-hydrogen) atoms. The van der Waals surface area contributed by atoms with Gasteiger partial charge in [-0.2, -0.15) is 4.39 Å². The predicted octanol–water partition coefficient (Wildman–Crippen LogP) is 4.01. The summed E-state index contributed by atoms with van der Waals surface area (Å²) in [6.07, 6.45) is 0. The number of halogens is 3. The molecule has 0 N–H and O–H groups in total. The van der Waals surface area contributed by atoms with Gasteiger partial charge < -0.3 is 14.4 Å². The van der Waals surface area contributed by atoms with E-state index in [4.69, 9.17) is 4.74 Å². The molecule has 1 atom stereocenters. The van der Waals surface area contributed by atoms with Crippen molar-refractivity contribution in [1.29, 1.82) is 0 Å². The molecule has 0 bridgehead atoms. The van der Waals surface area contributed by atoms with Gasteiger partial charge in [-0.3, -0.25) is 4.79 Å². The molecule has 1 heterocycles. The first-order valence-corrected chi connectivity index (χ1v) is 8.80. The number of ether oxygens (including phenoxy) is 2. The van der Waals surface area contributed by atoms with Crippen molar-refractivity contribution in [2.45, 2.75) is 5.37 Å². The van der Waals surface area contributed by atoms with Crippen molar-refractivity contribution in [2.75, 3.05) is 26.5 Å². The summed E-state index contributed by atoms with van der Waals surface area (Å²) in [6, 6.07) is 7.72. The topological polar surface area (TPSA) is 38.8 Å². The summed E-state index contributed by atoms with van der Waals surface area (Å²) in [5, 5.41) is -0.355. The van der Waals surface area contributed by atoms with Gasteiger partial charge in [0.1, 0.15) is 11.1 Å². The first kappa shape index (κ1) is 18.4. The fourth-order valence-electron chi connectivity index (χ4n) is 2.79. The van der Waals surface area contributed by atoms with Crippen LogP contribution in [0, 0.1) is 17.5 Å². The Labute approximate surface area is 152 Å². The zero-order valence-electron chi connectivity index (χ0n) is 14.1. The van der Waals surface area contributed by atoms with E-state index in [0.29, 0.717) is 24.1 Å². The molecule has 1 amide bonds. The van der Waals surface area contributed by atoms with Crippen molar-refractivity contribution in [3.05, 3.63) is 58.9 Å². The van der Waals surface area contributed by atoms with Crippen molar-refractivity contribution in [1.82, 2.24) is 4.90 Å². The number of rotatable bonds is 4. The second kappa shape index (κ2) is 7.49. The van der Waals surface area contributed by atoms with Crippen LogP contribution in [-0.2, 0) is 0 Å². The molecular formula is C18H16F3NO3S. The van der Waals surface area contributed by atoms with Gasteiger partial charge >= 0.3 is 0 Å². The standard InChI is InChI=1S/C18H16F3NO3S/c1-24-11-5-3-10(4-6-11)18-22(7-8-26-18)17(23)12-9-13(19)15(21)16(25-2)14(12)20/h3-6,9,18H,7-8H2,1-2H3. The lowest BCUT2D eigenvalue weighted by Crippen LogP contribution is -2.31. The SMILES string of the molecule is COc1ccc(C2SCCN2C(=O)c2cc(F)c(F)c(OC)c2F)cc1. The maximum absolute atomic E-state index is 14.4. The number of benzene rings is 2. The quantitative estimate of drug-likeness (QED) is 0.748. The molecule has 1 saturated heterocycles. The highest BCUT2D eigenvalue weighted by Gasteiger charge is 2.34. The van der Waals surface area contributed by atoms with Crippen molar-refractivity contribution < 1.29 is 27.4 Å². The minimum Gasteiger partial charge on any atom is -0.497 e. The number of carbonyl (C=O) groups excluding carboxylic acids is 1. The summed E-state index contributed by atoms with van der Waals surface area (Å²) in [7, 11) is 2.56. The van der Waals surface area contributed by atoms with E-state index in [9.17, 15) is 18.0 Å². The van der Waals surface area contributed by atoms with Gasteiger partial charge in [-0.05, 0) is 23.8 Å². The summed E-state index contributed by atoms with van der Waals surface area (Å²) < 4.78 is 51.5. The van der Waals surface area contributed by atoms with E-state index in [1.165, 1.54) is 16.7 Å². The molecule has 0 aliphatic carbocycles. The summed E-state index contributed by atoms with van der Waals surface area (Å²) in [4.78, 5) is 14.2. The smallest absolute Gasteiger partial charge is 0.258 e. The van der Waals surface area contributed by atoms with Crippen LogP contribution in [-0.4, -0.2) is 37.3 Å². The van der Waals surface area contributed by atoms with Crippen LogP contribution in [0.4, 0.5) is 13.2 Å². The second-order valence-electron chi connectivity index (χ2n) is 5.56. The van der Waals surface area contributed by atoms with Gasteiger partial charge in [0.05, 0.1) is 19.8 Å². The zero-order valence-corrected chi connectivity index (χ0v) is 14.9. The molecule has 1 fully saturated rings. The molecule has 0 aromatic heterocycles. The van der Waals surface area contributed by atoms with Gasteiger partial charge in [0, 0.05) is 12.3 Å². The minimum atomic E-state index is -1.45. The van der Waals surface area contributed by atoms with Crippen molar-refractivity contribution in [3.8, 4) is 11.5 Å². The van der Waals surface area contributed by atoms with Crippen LogP contribution < -0.4 is 9.47 Å². The Morgan fingerprint density at radius 2 is 1.81 bits per heavy atom. The van der Waals surface area contributed by atoms with Crippen molar-refractivity contribution in [2.24, 2.45) is 0 Å². The molecule has 0 radical (unpaired) electrons. The average molecular weight is 383 g/mol. The maximum Gasteiger partial charge on any atom is 0.258 e. The normalized spacial score (nSPS) is 16.7. The van der Waals surface area contributed by atoms with Gasteiger partial charge in [-0.25, -0.2) is 8.78 Å². The number of hydrogen-bond acceptors (Lipinski definition) is 4. The fraction of sp³-hybridized carbons (Fsp3) is 0.278. The third-order valence-corrected chi connectivity index (χ3v) is 5.36. The van der Waals surface area contributed by atoms with Crippen LogP contribution in [0.3, 0.4) is 0 Å². The lowest BCUT2D eigenvalue weighted by Gasteiger charge is -2.25. The number of nitrogens with zero attached hydrogens (tertiary/aromatic N) is 1. The molecular weight excluding hydrogens is 367 g/mol. The molecule has 0 saturated carbocycles. The van der Waals surface area contributed by atoms with E-state index in [1.54, 1.807) is 19.2 Å². The van der Waals surface area contributed by atoms with E-state index in [2.05, 4.69) is 4.74 Å². The van der Waals surface area contributed by atoms with Crippen LogP contribution in [0.25, 0.3) is 0 Å². The van der Waals surface area contributed by atoms with E-state index < -0.39 is 34.7 Å². The van der Waals surface area contributed by atoms with Gasteiger partial charge in [-0.15, -0.1) is 11.8 Å². The molecule has 1 aliphatic heterocycles. The summed E-state index contributed by atoms with van der Waals surface area (Å²) >= 11 is 1.51. The molecule has 138 valence electrons. The second-order valence-corrected chi connectivity index (χ2v) is 6.75. The Morgan fingerprint density at radius 1 is 1.12 bits per heavy atom. The Bertz CT molecular complexity index is 829. The first-order chi connectivity index (χ1) is 12.5. The Kier molecular flexibility index (Phi) is 5.31. The molecule has 8 heteroatoms. The highest BCUT2D eigenvalue weighted by Crippen LogP contribution is 2.40. The third kappa shape index (κ3) is 3.21. The van der Waals surface area contributed by atoms with Crippen LogP contribution in [0.5, 0.6) is 11.5 Å². The van der Waals surface area contributed by atoms with Gasteiger partial charge in [0.2, 0.25) is 5.82 Å². The van der Waals surface area contributed by atoms with E-state index in [-0.39, 0.29) is 5.37 Å². The molecule has 1 aliphatic rings. The largest absolute Gasteiger partial charge is 0.497 e. The van der Waals surface area contributed by atoms with Gasteiger partial charge in [-0.1, -0.05) is 12.1 Å². The number of methoxy groups -OCH3 is 2. The number of thioether (sulfide) groups is 1. The van der Waals surface area contributed by atoms with Crippen LogP contribution >= 0.6 is 11.8 Å². The minimum absolute atomic E-state index is 0.355. The fourth-order valence-corrected chi connectivity index (χ4v) is 4.05. The third-order valence-electron chi connectivity index (χ3n) is 4.10. The van der Waals surface area contributed by atoms with Gasteiger partial charge in [0.15, 0.2) is 17.4 Å². The number of carbonyl (C=O) groups is 1. The predicted molar refractivity (Wildman–Crippen MR) is 92.1 cm³/mol. The Hall–Kier alpha value is -2.35. The average Bonchev–Trinajstić information content (AvgIpc) is 3.14. The lowest BCUT2D eigenvalue weighted by atomic mass is 10.1.